The minimum atomic E-state index is -4.41. The van der Waals surface area contributed by atoms with Gasteiger partial charge in [-0.05, 0) is 135 Å². The van der Waals surface area contributed by atoms with Crippen LogP contribution >= 0.6 is 7.82 Å². The molecule has 0 rings (SSSR count). The molecular weight excluding hydrogens is 1270 g/mol. The van der Waals surface area contributed by atoms with Gasteiger partial charge >= 0.3 is 19.8 Å². The van der Waals surface area contributed by atoms with Crippen LogP contribution in [0.3, 0.4) is 0 Å². The first-order chi connectivity index (χ1) is 49.8. The zero-order valence-electron chi connectivity index (χ0n) is 64.8. The number of ether oxygens (including phenoxy) is 2. The van der Waals surface area contributed by atoms with E-state index in [2.05, 4.69) is 196 Å². The van der Waals surface area contributed by atoms with Crippen molar-refractivity contribution in [1.82, 2.24) is 0 Å². The lowest BCUT2D eigenvalue weighted by atomic mass is 10.0. The van der Waals surface area contributed by atoms with Gasteiger partial charge in [-0.15, -0.1) is 0 Å². The van der Waals surface area contributed by atoms with Crippen LogP contribution in [0.2, 0.25) is 0 Å². The highest BCUT2D eigenvalue weighted by molar-refractivity contribution is 7.47. The van der Waals surface area contributed by atoms with E-state index in [1.807, 2.05) is 0 Å². The number of unbranched alkanes of at least 4 members (excludes halogenated alkanes) is 33. The van der Waals surface area contributed by atoms with Gasteiger partial charge in [0.25, 0.3) is 0 Å². The van der Waals surface area contributed by atoms with E-state index in [-0.39, 0.29) is 38.6 Å². The topological polar surface area (TPSA) is 134 Å². The number of hydrogen-bond acceptors (Lipinski definition) is 8. The van der Waals surface area contributed by atoms with Gasteiger partial charge in [0.1, 0.15) is 6.61 Å². The Morgan fingerprint density at radius 2 is 0.515 bits per heavy atom. The Morgan fingerprint density at radius 3 is 0.762 bits per heavy atom. The third-order valence-corrected chi connectivity index (χ3v) is 18.3. The van der Waals surface area contributed by atoms with Crippen molar-refractivity contribution in [2.75, 3.05) is 26.4 Å². The Balaban J connectivity index is 3.87. The predicted octanol–water partition coefficient (Wildman–Crippen LogP) is 28.2. The minimum Gasteiger partial charge on any atom is -0.462 e. The number of rotatable bonds is 76. The molecule has 0 saturated carbocycles. The second-order valence-corrected chi connectivity index (χ2v) is 28.3. The van der Waals surface area contributed by atoms with Crippen molar-refractivity contribution in [3.8, 4) is 0 Å². The second kappa shape index (κ2) is 84.1. The minimum absolute atomic E-state index is 0.0450. The molecule has 0 aliphatic heterocycles. The zero-order valence-corrected chi connectivity index (χ0v) is 65.7. The van der Waals surface area contributed by atoms with Crippen molar-refractivity contribution in [3.05, 3.63) is 182 Å². The number of allylic oxidation sites excluding steroid dienone is 30. The summed E-state index contributed by atoms with van der Waals surface area (Å²) in [5, 5.41) is 0. The average molecular weight is 1420 g/mol. The number of hydrogen-bond donors (Lipinski definition) is 2. The lowest BCUT2D eigenvalue weighted by Crippen LogP contribution is -2.29. The highest BCUT2D eigenvalue weighted by atomic mass is 31.2. The zero-order chi connectivity index (χ0) is 72.9. The first-order valence-electron chi connectivity index (χ1n) is 41.3. The summed E-state index contributed by atoms with van der Waals surface area (Å²) in [4.78, 5) is 35.5. The largest absolute Gasteiger partial charge is 0.472 e. The number of esters is 2. The lowest BCUT2D eigenvalue weighted by molar-refractivity contribution is -0.161. The summed E-state index contributed by atoms with van der Waals surface area (Å²) >= 11 is 0. The molecule has 0 aliphatic carbocycles. The van der Waals surface area contributed by atoms with Crippen molar-refractivity contribution in [3.63, 3.8) is 0 Å². The molecule has 10 heteroatoms. The Kier molecular flexibility index (Phi) is 80.0. The molecule has 2 atom stereocenters. The maximum Gasteiger partial charge on any atom is 0.472 e. The third kappa shape index (κ3) is 83.9. The van der Waals surface area contributed by atoms with Crippen LogP contribution in [0, 0.1) is 0 Å². The lowest BCUT2D eigenvalue weighted by Gasteiger charge is -2.19. The molecule has 0 amide bonds. The normalized spacial score (nSPS) is 13.8. The predicted molar refractivity (Wildman–Crippen MR) is 440 cm³/mol. The number of carbonyl (C=O) groups is 2. The van der Waals surface area contributed by atoms with Gasteiger partial charge in [0, 0.05) is 19.4 Å². The van der Waals surface area contributed by atoms with Gasteiger partial charge in [-0.25, -0.2) is 4.57 Å². The molecular formula is C91H152NO8P. The van der Waals surface area contributed by atoms with Gasteiger partial charge in [-0.2, -0.15) is 0 Å². The van der Waals surface area contributed by atoms with Gasteiger partial charge in [0.15, 0.2) is 6.10 Å². The highest BCUT2D eigenvalue weighted by Gasteiger charge is 2.26. The summed E-state index contributed by atoms with van der Waals surface area (Å²) in [6, 6.07) is 0. The van der Waals surface area contributed by atoms with Gasteiger partial charge in [-0.3, -0.25) is 18.6 Å². The van der Waals surface area contributed by atoms with E-state index < -0.39 is 26.5 Å². The second-order valence-electron chi connectivity index (χ2n) is 26.9. The Labute approximate surface area is 622 Å². The number of phosphoric acid groups is 1. The summed E-state index contributed by atoms with van der Waals surface area (Å²) in [6.07, 6.45) is 126. The van der Waals surface area contributed by atoms with Crippen molar-refractivity contribution >= 4 is 19.8 Å². The summed E-state index contributed by atoms with van der Waals surface area (Å²) in [5.74, 6) is -0.838. The summed E-state index contributed by atoms with van der Waals surface area (Å²) < 4.78 is 33.3. The quantitative estimate of drug-likeness (QED) is 0.0264. The first-order valence-corrected chi connectivity index (χ1v) is 42.8. The number of nitrogens with two attached hydrogens (primary N) is 1. The van der Waals surface area contributed by atoms with E-state index in [4.69, 9.17) is 24.3 Å². The smallest absolute Gasteiger partial charge is 0.462 e. The maximum atomic E-state index is 12.8. The summed E-state index contributed by atoms with van der Waals surface area (Å²) in [5.41, 5.74) is 5.42. The molecule has 574 valence electrons. The molecule has 0 aromatic rings. The molecule has 101 heavy (non-hydrogen) atoms. The third-order valence-electron chi connectivity index (χ3n) is 17.3. The molecule has 0 spiro atoms. The Morgan fingerprint density at radius 1 is 0.297 bits per heavy atom. The molecule has 0 heterocycles. The van der Waals surface area contributed by atoms with Crippen LogP contribution in [0.25, 0.3) is 0 Å². The molecule has 2 unspecified atom stereocenters. The van der Waals surface area contributed by atoms with E-state index in [0.717, 1.165) is 148 Å². The van der Waals surface area contributed by atoms with Crippen molar-refractivity contribution in [2.45, 2.75) is 354 Å². The standard InChI is InChI=1S/C91H152NO8P/c1-3-5-7-9-11-13-15-17-19-21-23-25-27-29-31-33-35-37-39-41-43-44-46-48-50-52-54-56-58-60-62-64-66-68-70-72-74-76-78-80-82-84-91(94)100-89(88-99-101(95,96)98-86-85-92)87-97-90(93)83-81-79-77-75-73-71-69-67-65-63-61-59-57-55-53-51-49-47-45-42-40-38-36-34-32-30-28-26-24-22-20-18-16-14-12-10-8-6-4-2/h5-8,11-14,17-20,23-26,29,31,35,37,41,43,46,48,52,54,58,60,64,66,89H,3-4,9-10,15-16,21-22,27-28,30,32-34,36,38-40,42,44-45,47,49-51,53,55-57,59,61-63,65,67-88,92H2,1-2H3,(H,95,96)/b7-5-,8-6-,13-11-,14-12-,19-17-,20-18-,25-23-,26-24-,31-29-,37-35-,43-41-,48-46-,54-52-,60-58-,66-64-. The molecule has 0 saturated heterocycles. The monoisotopic (exact) mass is 1420 g/mol. The van der Waals surface area contributed by atoms with Crippen LogP contribution in [0.4, 0.5) is 0 Å². The van der Waals surface area contributed by atoms with Crippen molar-refractivity contribution < 1.29 is 37.6 Å². The molecule has 0 aliphatic rings. The highest BCUT2D eigenvalue weighted by Crippen LogP contribution is 2.43. The van der Waals surface area contributed by atoms with Crippen LogP contribution in [0.5, 0.6) is 0 Å². The fourth-order valence-corrected chi connectivity index (χ4v) is 12.0. The molecule has 0 fully saturated rings. The van der Waals surface area contributed by atoms with Crippen LogP contribution < -0.4 is 5.73 Å². The summed E-state index contributed by atoms with van der Waals surface area (Å²) in [7, 11) is -4.41. The SMILES string of the molecule is CC/C=C\C/C=C\C/C=C\C/C=C\C/C=C\C/C=C\C/C=C\C/C=C\C/C=C\C/C=C\C/C=C\CCCCCCCCCC(=O)OC(COC(=O)CCCCCCCCCCCCCCCCCCCCCCCCCCCC/C=C\C/C=C\C/C=C\C/C=C\CC)COP(=O)(O)OCCN. The number of carbonyl (C=O) groups excluding carboxylic acids is 2. The fourth-order valence-electron chi connectivity index (χ4n) is 11.3. The van der Waals surface area contributed by atoms with E-state index >= 15 is 0 Å². The van der Waals surface area contributed by atoms with Crippen LogP contribution in [-0.2, 0) is 32.7 Å². The van der Waals surface area contributed by atoms with E-state index in [9.17, 15) is 19.0 Å². The molecule has 0 aromatic carbocycles. The molecule has 0 radical (unpaired) electrons. The Hall–Kier alpha value is -4.89. The maximum absolute atomic E-state index is 12.8. The van der Waals surface area contributed by atoms with Crippen molar-refractivity contribution in [1.29, 1.82) is 0 Å². The first kappa shape index (κ1) is 96.1. The summed E-state index contributed by atoms with van der Waals surface area (Å²) in [6.45, 7) is 3.52. The molecule has 0 bridgehead atoms. The van der Waals surface area contributed by atoms with Crippen molar-refractivity contribution in [2.24, 2.45) is 5.73 Å². The number of phosphoric ester groups is 1. The molecule has 9 nitrogen and oxygen atoms in total. The van der Waals surface area contributed by atoms with Gasteiger partial charge in [0.05, 0.1) is 13.2 Å². The Bertz CT molecular complexity index is 2330. The van der Waals surface area contributed by atoms with E-state index in [1.165, 1.54) is 167 Å². The van der Waals surface area contributed by atoms with Gasteiger partial charge in [0.2, 0.25) is 0 Å². The van der Waals surface area contributed by atoms with Crippen LogP contribution in [-0.4, -0.2) is 49.3 Å². The molecule has 0 aromatic heterocycles. The van der Waals surface area contributed by atoms with Gasteiger partial charge in [-0.1, -0.05) is 382 Å². The van der Waals surface area contributed by atoms with E-state index in [1.54, 1.807) is 0 Å². The fraction of sp³-hybridized carbons (Fsp3) is 0.648. The van der Waals surface area contributed by atoms with Crippen LogP contribution in [0.1, 0.15) is 348 Å². The molecule has 3 N–H and O–H groups in total. The van der Waals surface area contributed by atoms with Gasteiger partial charge < -0.3 is 20.1 Å². The average Bonchev–Trinajstić information content (AvgIpc) is 1.04. The van der Waals surface area contributed by atoms with E-state index in [0.29, 0.717) is 6.42 Å². The van der Waals surface area contributed by atoms with Crippen LogP contribution in [0.15, 0.2) is 182 Å².